The molecule has 0 fully saturated rings. The lowest BCUT2D eigenvalue weighted by Crippen LogP contribution is -2.27. The highest BCUT2D eigenvalue weighted by Crippen LogP contribution is 2.25. The number of nitrogens with zero attached hydrogens (tertiary/aromatic N) is 1. The van der Waals surface area contributed by atoms with Gasteiger partial charge in [0.15, 0.2) is 0 Å². The Labute approximate surface area is 153 Å². The Kier molecular flexibility index (Phi) is 6.52. The maximum atomic E-state index is 12.5. The zero-order valence-electron chi connectivity index (χ0n) is 13.7. The normalized spacial score (nSPS) is 12.1. The lowest BCUT2D eigenvalue weighted by molar-refractivity contribution is -0.274. The fourth-order valence-corrected chi connectivity index (χ4v) is 2.92. The predicted molar refractivity (Wildman–Crippen MR) is 91.8 cm³/mol. The molecule has 0 saturated heterocycles. The summed E-state index contributed by atoms with van der Waals surface area (Å²) < 4.78 is 40.4. The zero-order chi connectivity index (χ0) is 19.2. The van der Waals surface area contributed by atoms with Crippen LogP contribution in [0.1, 0.15) is 28.9 Å². The van der Waals surface area contributed by atoms with Crippen molar-refractivity contribution in [3.05, 3.63) is 59.7 Å². The van der Waals surface area contributed by atoms with E-state index in [1.54, 1.807) is 31.2 Å². The molecule has 0 aliphatic heterocycles. The van der Waals surface area contributed by atoms with Crippen LogP contribution in [-0.4, -0.2) is 18.0 Å². The number of rotatable bonds is 6. The Morgan fingerprint density at radius 3 is 2.50 bits per heavy atom. The van der Waals surface area contributed by atoms with Crippen LogP contribution in [-0.2, 0) is 0 Å². The molecule has 136 valence electrons. The second-order valence-electron chi connectivity index (χ2n) is 5.25. The van der Waals surface area contributed by atoms with Gasteiger partial charge in [0.1, 0.15) is 5.75 Å². The summed E-state index contributed by atoms with van der Waals surface area (Å²) in [7, 11) is 0. The van der Waals surface area contributed by atoms with Crippen LogP contribution in [0.15, 0.2) is 53.4 Å². The topological polar surface area (TPSA) is 62.1 Å². The maximum absolute atomic E-state index is 12.5. The van der Waals surface area contributed by atoms with Crippen molar-refractivity contribution in [3.8, 4) is 11.8 Å². The maximum Gasteiger partial charge on any atom is 0.573 e. The Bertz CT molecular complexity index is 801. The Hall–Kier alpha value is -2.66. The van der Waals surface area contributed by atoms with Crippen molar-refractivity contribution in [3.63, 3.8) is 0 Å². The van der Waals surface area contributed by atoms with E-state index in [-0.39, 0.29) is 17.4 Å². The number of ether oxygens (including phenoxy) is 1. The summed E-state index contributed by atoms with van der Waals surface area (Å²) in [6.07, 6.45) is -4.74. The number of hydrogen-bond donors (Lipinski definition) is 1. The average molecular weight is 380 g/mol. The van der Waals surface area contributed by atoms with Gasteiger partial charge in [-0.2, -0.15) is 5.26 Å². The first-order valence-corrected chi connectivity index (χ1v) is 8.54. The van der Waals surface area contributed by atoms with Gasteiger partial charge >= 0.3 is 6.36 Å². The number of alkyl halides is 3. The minimum absolute atomic E-state index is 0.223. The largest absolute Gasteiger partial charge is 0.573 e. The first-order chi connectivity index (χ1) is 12.3. The van der Waals surface area contributed by atoms with Crippen molar-refractivity contribution in [2.75, 3.05) is 5.75 Å². The van der Waals surface area contributed by atoms with Crippen LogP contribution in [0, 0.1) is 11.3 Å². The van der Waals surface area contributed by atoms with Crippen molar-refractivity contribution < 1.29 is 22.7 Å². The average Bonchev–Trinajstić information content (AvgIpc) is 2.59. The van der Waals surface area contributed by atoms with E-state index in [9.17, 15) is 18.0 Å². The third kappa shape index (κ3) is 5.70. The van der Waals surface area contributed by atoms with Gasteiger partial charge in [-0.3, -0.25) is 4.79 Å². The van der Waals surface area contributed by atoms with Crippen LogP contribution in [0.3, 0.4) is 0 Å². The number of thioether (sulfide) groups is 1. The SMILES string of the molecule is CC(NC(=O)c1ccccc1SCC#N)c1ccc(OC(F)(F)F)cc1. The molecule has 0 radical (unpaired) electrons. The first kappa shape index (κ1) is 19.7. The molecule has 0 aliphatic carbocycles. The summed E-state index contributed by atoms with van der Waals surface area (Å²) in [5.41, 5.74) is 1.08. The number of carbonyl (C=O) groups excluding carboxylic acids is 1. The minimum atomic E-state index is -4.74. The molecule has 2 aromatic carbocycles. The number of amides is 1. The van der Waals surface area contributed by atoms with Crippen molar-refractivity contribution in [2.24, 2.45) is 0 Å². The van der Waals surface area contributed by atoms with Gasteiger partial charge in [0.2, 0.25) is 0 Å². The third-order valence-corrected chi connectivity index (χ3v) is 4.33. The van der Waals surface area contributed by atoms with E-state index in [2.05, 4.69) is 10.1 Å². The van der Waals surface area contributed by atoms with Crippen molar-refractivity contribution >= 4 is 17.7 Å². The summed E-state index contributed by atoms with van der Waals surface area (Å²) in [5, 5.41) is 11.5. The number of carbonyl (C=O) groups is 1. The third-order valence-electron chi connectivity index (χ3n) is 3.39. The lowest BCUT2D eigenvalue weighted by Gasteiger charge is -2.16. The Morgan fingerprint density at radius 1 is 1.23 bits per heavy atom. The molecule has 1 amide bonds. The minimum Gasteiger partial charge on any atom is -0.406 e. The Balaban J connectivity index is 2.07. The molecular weight excluding hydrogens is 365 g/mol. The lowest BCUT2D eigenvalue weighted by atomic mass is 10.1. The Morgan fingerprint density at radius 2 is 1.88 bits per heavy atom. The fraction of sp³-hybridized carbons (Fsp3) is 0.222. The van der Waals surface area contributed by atoms with Gasteiger partial charge in [-0.25, -0.2) is 0 Å². The number of benzene rings is 2. The molecule has 0 spiro atoms. The summed E-state index contributed by atoms with van der Waals surface area (Å²) in [4.78, 5) is 13.2. The highest BCUT2D eigenvalue weighted by molar-refractivity contribution is 7.99. The fourth-order valence-electron chi connectivity index (χ4n) is 2.21. The zero-order valence-corrected chi connectivity index (χ0v) is 14.5. The van der Waals surface area contributed by atoms with Crippen LogP contribution >= 0.6 is 11.8 Å². The van der Waals surface area contributed by atoms with Crippen LogP contribution in [0.2, 0.25) is 0 Å². The molecule has 1 atom stereocenters. The second-order valence-corrected chi connectivity index (χ2v) is 6.27. The van der Waals surface area contributed by atoms with Gasteiger partial charge in [0.25, 0.3) is 5.91 Å². The number of hydrogen-bond acceptors (Lipinski definition) is 4. The molecular formula is C18H15F3N2O2S. The molecule has 26 heavy (non-hydrogen) atoms. The molecule has 2 aromatic rings. The van der Waals surface area contributed by atoms with Crippen LogP contribution in [0.5, 0.6) is 5.75 Å². The standard InChI is InChI=1S/C18H15F3N2O2S/c1-12(13-6-8-14(9-7-13)25-18(19,20)21)23-17(24)15-4-2-3-5-16(15)26-11-10-22/h2-9,12H,11H2,1H3,(H,23,24). The number of nitrogens with one attached hydrogen (secondary N) is 1. The quantitative estimate of drug-likeness (QED) is 0.739. The van der Waals surface area contributed by atoms with E-state index in [4.69, 9.17) is 5.26 Å². The summed E-state index contributed by atoms with van der Waals surface area (Å²) in [6.45, 7) is 1.72. The molecule has 4 nitrogen and oxygen atoms in total. The van der Waals surface area contributed by atoms with Crippen molar-refractivity contribution in [1.82, 2.24) is 5.32 Å². The van der Waals surface area contributed by atoms with E-state index in [0.717, 1.165) is 0 Å². The van der Waals surface area contributed by atoms with Crippen molar-refractivity contribution in [1.29, 1.82) is 5.26 Å². The molecule has 1 N–H and O–H groups in total. The number of halogens is 3. The molecule has 8 heteroatoms. The van der Waals surface area contributed by atoms with E-state index < -0.39 is 12.4 Å². The molecule has 1 unspecified atom stereocenters. The molecule has 0 aromatic heterocycles. The second kappa shape index (κ2) is 8.63. The summed E-state index contributed by atoms with van der Waals surface area (Å²) >= 11 is 1.26. The van der Waals surface area contributed by atoms with Gasteiger partial charge in [-0.05, 0) is 36.8 Å². The van der Waals surface area contributed by atoms with Gasteiger partial charge < -0.3 is 10.1 Å². The predicted octanol–water partition coefficient (Wildman–Crippen LogP) is 4.69. The van der Waals surface area contributed by atoms with E-state index >= 15 is 0 Å². The van der Waals surface area contributed by atoms with Crippen molar-refractivity contribution in [2.45, 2.75) is 24.2 Å². The van der Waals surface area contributed by atoms with Gasteiger partial charge in [-0.1, -0.05) is 24.3 Å². The van der Waals surface area contributed by atoms with Crippen LogP contribution in [0.4, 0.5) is 13.2 Å². The molecule has 0 aliphatic rings. The molecule has 0 bridgehead atoms. The van der Waals surface area contributed by atoms with Gasteiger partial charge in [0.05, 0.1) is 23.4 Å². The summed E-state index contributed by atoms with van der Waals surface area (Å²) in [5.74, 6) is -0.423. The van der Waals surface area contributed by atoms with Gasteiger partial charge in [0, 0.05) is 4.90 Å². The van der Waals surface area contributed by atoms with Gasteiger partial charge in [-0.15, -0.1) is 24.9 Å². The summed E-state index contributed by atoms with van der Waals surface area (Å²) in [6, 6.07) is 13.8. The highest BCUT2D eigenvalue weighted by Gasteiger charge is 2.31. The molecule has 0 heterocycles. The van der Waals surface area contributed by atoms with Crippen LogP contribution < -0.4 is 10.1 Å². The van der Waals surface area contributed by atoms with E-state index in [1.165, 1.54) is 36.0 Å². The smallest absolute Gasteiger partial charge is 0.406 e. The van der Waals surface area contributed by atoms with E-state index in [0.29, 0.717) is 16.0 Å². The van der Waals surface area contributed by atoms with Crippen LogP contribution in [0.25, 0.3) is 0 Å². The molecule has 0 saturated carbocycles. The first-order valence-electron chi connectivity index (χ1n) is 7.55. The van der Waals surface area contributed by atoms with E-state index in [1.807, 2.05) is 6.07 Å². The number of nitriles is 1. The monoisotopic (exact) mass is 380 g/mol. The molecule has 2 rings (SSSR count). The highest BCUT2D eigenvalue weighted by atomic mass is 32.2.